The van der Waals surface area contributed by atoms with Crippen molar-refractivity contribution in [3.63, 3.8) is 0 Å². The Morgan fingerprint density at radius 3 is 2.74 bits per heavy atom. The Balaban J connectivity index is 2.19. The van der Waals surface area contributed by atoms with Gasteiger partial charge < -0.3 is 5.73 Å². The number of nitrogens with two attached hydrogens (primary N) is 1. The standard InChI is InChI=1S/C15H16N4/c1-10-9-12(11-5-3-4-6-13(11)17-10)15(16)14-7-8-19(2)18-14/h3-9,15H,16H2,1-2H3. The molecule has 2 heterocycles. The number of aromatic nitrogens is 3. The zero-order chi connectivity index (χ0) is 13.4. The molecule has 0 radical (unpaired) electrons. The lowest BCUT2D eigenvalue weighted by Gasteiger charge is -2.13. The Hall–Kier alpha value is -2.20. The van der Waals surface area contributed by atoms with Crippen molar-refractivity contribution in [1.82, 2.24) is 14.8 Å². The van der Waals surface area contributed by atoms with E-state index in [0.717, 1.165) is 27.9 Å². The normalized spacial score (nSPS) is 12.8. The van der Waals surface area contributed by atoms with Gasteiger partial charge in [0.25, 0.3) is 0 Å². The molecule has 19 heavy (non-hydrogen) atoms. The molecule has 4 heteroatoms. The van der Waals surface area contributed by atoms with Crippen LogP contribution in [0.25, 0.3) is 10.9 Å². The number of rotatable bonds is 2. The molecule has 0 fully saturated rings. The average Bonchev–Trinajstić information content (AvgIpc) is 2.83. The maximum atomic E-state index is 6.36. The second kappa shape index (κ2) is 4.48. The van der Waals surface area contributed by atoms with Gasteiger partial charge in [0.05, 0.1) is 17.3 Å². The zero-order valence-electron chi connectivity index (χ0n) is 11.0. The van der Waals surface area contributed by atoms with Gasteiger partial charge in [-0.2, -0.15) is 5.10 Å². The van der Waals surface area contributed by atoms with E-state index in [4.69, 9.17) is 5.73 Å². The maximum Gasteiger partial charge on any atom is 0.0837 e. The van der Waals surface area contributed by atoms with E-state index < -0.39 is 0 Å². The maximum absolute atomic E-state index is 6.36. The van der Waals surface area contributed by atoms with Crippen molar-refractivity contribution in [3.05, 3.63) is 59.5 Å². The number of hydrogen-bond donors (Lipinski definition) is 1. The summed E-state index contributed by atoms with van der Waals surface area (Å²) in [5.74, 6) is 0. The van der Waals surface area contributed by atoms with E-state index in [1.165, 1.54) is 0 Å². The van der Waals surface area contributed by atoms with E-state index >= 15 is 0 Å². The molecule has 0 bridgehead atoms. The van der Waals surface area contributed by atoms with Gasteiger partial charge in [-0.3, -0.25) is 9.67 Å². The van der Waals surface area contributed by atoms with Gasteiger partial charge in [-0.25, -0.2) is 0 Å². The van der Waals surface area contributed by atoms with Gasteiger partial charge in [-0.1, -0.05) is 18.2 Å². The fourth-order valence-corrected chi connectivity index (χ4v) is 2.36. The van der Waals surface area contributed by atoms with Gasteiger partial charge >= 0.3 is 0 Å². The molecule has 1 atom stereocenters. The first-order chi connectivity index (χ1) is 9.15. The van der Waals surface area contributed by atoms with Crippen LogP contribution in [0.5, 0.6) is 0 Å². The summed E-state index contributed by atoms with van der Waals surface area (Å²) in [6, 6.07) is 11.8. The molecule has 0 aliphatic carbocycles. The molecular weight excluding hydrogens is 236 g/mol. The number of pyridine rings is 1. The molecule has 0 aliphatic heterocycles. The van der Waals surface area contributed by atoms with Crippen LogP contribution in [0.2, 0.25) is 0 Å². The van der Waals surface area contributed by atoms with Crippen molar-refractivity contribution in [2.45, 2.75) is 13.0 Å². The van der Waals surface area contributed by atoms with Gasteiger partial charge in [-0.05, 0) is 30.7 Å². The number of nitrogens with zero attached hydrogens (tertiary/aromatic N) is 3. The average molecular weight is 252 g/mol. The molecule has 0 amide bonds. The fraction of sp³-hybridized carbons (Fsp3) is 0.200. The minimum absolute atomic E-state index is 0.229. The second-order valence-electron chi connectivity index (χ2n) is 4.76. The lowest BCUT2D eigenvalue weighted by molar-refractivity contribution is 0.717. The predicted molar refractivity (Wildman–Crippen MR) is 75.7 cm³/mol. The molecule has 0 saturated heterocycles. The summed E-state index contributed by atoms with van der Waals surface area (Å²) in [6.45, 7) is 1.99. The van der Waals surface area contributed by atoms with E-state index in [-0.39, 0.29) is 6.04 Å². The van der Waals surface area contributed by atoms with Gasteiger partial charge in [-0.15, -0.1) is 0 Å². The van der Waals surface area contributed by atoms with Crippen LogP contribution >= 0.6 is 0 Å². The fourth-order valence-electron chi connectivity index (χ4n) is 2.36. The third kappa shape index (κ3) is 2.11. The quantitative estimate of drug-likeness (QED) is 0.761. The molecule has 0 aliphatic rings. The van der Waals surface area contributed by atoms with Crippen molar-refractivity contribution < 1.29 is 0 Å². The van der Waals surface area contributed by atoms with Crippen molar-refractivity contribution >= 4 is 10.9 Å². The van der Waals surface area contributed by atoms with Crippen LogP contribution in [-0.4, -0.2) is 14.8 Å². The first kappa shape index (κ1) is 11.9. The number of benzene rings is 1. The van der Waals surface area contributed by atoms with E-state index in [0.29, 0.717) is 0 Å². The van der Waals surface area contributed by atoms with E-state index in [2.05, 4.69) is 16.1 Å². The smallest absolute Gasteiger partial charge is 0.0837 e. The Morgan fingerprint density at radius 1 is 1.21 bits per heavy atom. The molecule has 3 rings (SSSR count). The van der Waals surface area contributed by atoms with E-state index in [1.807, 2.05) is 50.5 Å². The number of fused-ring (bicyclic) bond motifs is 1. The number of aryl methyl sites for hydroxylation is 2. The third-order valence-electron chi connectivity index (χ3n) is 3.26. The minimum atomic E-state index is -0.229. The summed E-state index contributed by atoms with van der Waals surface area (Å²) < 4.78 is 1.77. The molecule has 0 saturated carbocycles. The van der Waals surface area contributed by atoms with Crippen LogP contribution in [0.15, 0.2) is 42.6 Å². The highest BCUT2D eigenvalue weighted by molar-refractivity contribution is 5.83. The van der Waals surface area contributed by atoms with Gasteiger partial charge in [0.1, 0.15) is 0 Å². The topological polar surface area (TPSA) is 56.7 Å². The third-order valence-corrected chi connectivity index (χ3v) is 3.26. The molecule has 2 aromatic heterocycles. The first-order valence-electron chi connectivity index (χ1n) is 6.26. The monoisotopic (exact) mass is 252 g/mol. The molecular formula is C15H16N4. The Morgan fingerprint density at radius 2 is 2.00 bits per heavy atom. The number of para-hydroxylation sites is 1. The van der Waals surface area contributed by atoms with Crippen molar-refractivity contribution in [1.29, 1.82) is 0 Å². The summed E-state index contributed by atoms with van der Waals surface area (Å²) >= 11 is 0. The van der Waals surface area contributed by atoms with Crippen molar-refractivity contribution in [2.75, 3.05) is 0 Å². The summed E-state index contributed by atoms with van der Waals surface area (Å²) in [7, 11) is 1.89. The van der Waals surface area contributed by atoms with Crippen LogP contribution in [0.4, 0.5) is 0 Å². The molecule has 1 unspecified atom stereocenters. The highest BCUT2D eigenvalue weighted by Crippen LogP contribution is 2.26. The van der Waals surface area contributed by atoms with Crippen LogP contribution in [0, 0.1) is 6.92 Å². The second-order valence-corrected chi connectivity index (χ2v) is 4.76. The van der Waals surface area contributed by atoms with Gasteiger partial charge in [0.2, 0.25) is 0 Å². The van der Waals surface area contributed by atoms with Crippen LogP contribution in [0.1, 0.15) is 23.0 Å². The molecule has 0 spiro atoms. The predicted octanol–water partition coefficient (Wildman–Crippen LogP) is 2.32. The lowest BCUT2D eigenvalue weighted by atomic mass is 9.99. The van der Waals surface area contributed by atoms with Gasteiger partial charge in [0.15, 0.2) is 0 Å². The Kier molecular flexibility index (Phi) is 2.80. The Labute approximate surface area is 111 Å². The van der Waals surface area contributed by atoms with Crippen LogP contribution in [0.3, 0.4) is 0 Å². The van der Waals surface area contributed by atoms with Crippen LogP contribution in [-0.2, 0) is 7.05 Å². The minimum Gasteiger partial charge on any atom is -0.319 e. The number of hydrogen-bond acceptors (Lipinski definition) is 3. The van der Waals surface area contributed by atoms with Crippen molar-refractivity contribution in [2.24, 2.45) is 12.8 Å². The lowest BCUT2D eigenvalue weighted by Crippen LogP contribution is -2.14. The summed E-state index contributed by atoms with van der Waals surface area (Å²) in [5.41, 5.74) is 10.3. The van der Waals surface area contributed by atoms with E-state index in [9.17, 15) is 0 Å². The molecule has 1 aromatic carbocycles. The van der Waals surface area contributed by atoms with Gasteiger partial charge in [0, 0.05) is 24.3 Å². The molecule has 96 valence electrons. The van der Waals surface area contributed by atoms with Crippen LogP contribution < -0.4 is 5.73 Å². The molecule has 2 N–H and O–H groups in total. The summed E-state index contributed by atoms with van der Waals surface area (Å²) in [5, 5.41) is 5.48. The SMILES string of the molecule is Cc1cc(C(N)c2ccn(C)n2)c2ccccc2n1. The zero-order valence-corrected chi connectivity index (χ0v) is 11.0. The first-order valence-corrected chi connectivity index (χ1v) is 6.26. The largest absolute Gasteiger partial charge is 0.319 e. The molecule has 3 aromatic rings. The highest BCUT2D eigenvalue weighted by atomic mass is 15.3. The summed E-state index contributed by atoms with van der Waals surface area (Å²) in [6.07, 6.45) is 1.91. The Bertz CT molecular complexity index is 730. The summed E-state index contributed by atoms with van der Waals surface area (Å²) in [4.78, 5) is 4.54. The highest BCUT2D eigenvalue weighted by Gasteiger charge is 2.15. The molecule has 4 nitrogen and oxygen atoms in total. The van der Waals surface area contributed by atoms with E-state index in [1.54, 1.807) is 4.68 Å². The van der Waals surface area contributed by atoms with Crippen molar-refractivity contribution in [3.8, 4) is 0 Å².